The van der Waals surface area contributed by atoms with Gasteiger partial charge in [-0.05, 0) is 24.8 Å². The average molecular weight is 347 g/mol. The molecule has 2 aliphatic heterocycles. The Hall–Kier alpha value is -1.63. The predicted octanol–water partition coefficient (Wildman–Crippen LogP) is 1.14. The van der Waals surface area contributed by atoms with Gasteiger partial charge in [0.15, 0.2) is 0 Å². The molecule has 6 nitrogen and oxygen atoms in total. The molecule has 2 amide bonds. The van der Waals surface area contributed by atoms with Crippen LogP contribution in [0.25, 0.3) is 0 Å². The molecule has 2 aliphatic rings. The molecule has 1 aromatic carbocycles. The minimum Gasteiger partial charge on any atom is -0.386 e. The summed E-state index contributed by atoms with van der Waals surface area (Å²) in [6.45, 7) is 4.18. The molecule has 2 saturated heterocycles. The molecule has 1 aromatic rings. The number of ether oxygens (including phenoxy) is 1. The van der Waals surface area contributed by atoms with Crippen molar-refractivity contribution in [2.24, 2.45) is 0 Å². The van der Waals surface area contributed by atoms with E-state index in [1.54, 1.807) is 0 Å². The van der Waals surface area contributed by atoms with Gasteiger partial charge in [0.05, 0.1) is 13.2 Å². The smallest absolute Gasteiger partial charge is 0.315 e. The van der Waals surface area contributed by atoms with Crippen molar-refractivity contribution in [3.8, 4) is 0 Å². The molecular weight excluding hydrogens is 318 g/mol. The number of aliphatic hydroxyl groups is 1. The molecule has 0 unspecified atom stereocenters. The number of hydrogen-bond donors (Lipinski definition) is 3. The Morgan fingerprint density at radius 3 is 2.72 bits per heavy atom. The van der Waals surface area contributed by atoms with Gasteiger partial charge in [-0.2, -0.15) is 0 Å². The summed E-state index contributed by atoms with van der Waals surface area (Å²) in [4.78, 5) is 14.5. The number of urea groups is 1. The molecule has 3 rings (SSSR count). The largest absolute Gasteiger partial charge is 0.386 e. The number of nitrogens with zero attached hydrogens (tertiary/aromatic N) is 1. The lowest BCUT2D eigenvalue weighted by Gasteiger charge is -2.32. The van der Waals surface area contributed by atoms with Crippen molar-refractivity contribution in [1.82, 2.24) is 15.5 Å². The molecule has 0 aromatic heterocycles. The van der Waals surface area contributed by atoms with Gasteiger partial charge in [-0.15, -0.1) is 0 Å². The minimum atomic E-state index is -0.905. The van der Waals surface area contributed by atoms with Crippen molar-refractivity contribution in [2.45, 2.75) is 37.3 Å². The van der Waals surface area contributed by atoms with Crippen molar-refractivity contribution < 1.29 is 14.6 Å². The van der Waals surface area contributed by atoms with Crippen molar-refractivity contribution in [3.63, 3.8) is 0 Å². The van der Waals surface area contributed by atoms with Crippen LogP contribution in [0.4, 0.5) is 4.79 Å². The number of nitrogens with one attached hydrogen (secondary N) is 2. The first-order valence-corrected chi connectivity index (χ1v) is 9.24. The highest BCUT2D eigenvalue weighted by Crippen LogP contribution is 2.17. The van der Waals surface area contributed by atoms with Gasteiger partial charge in [0.1, 0.15) is 5.60 Å². The number of likely N-dealkylation sites (tertiary alicyclic amines) is 1. The molecule has 6 heteroatoms. The average Bonchev–Trinajstić information content (AvgIpc) is 3.07. The molecular formula is C19H29N3O3. The van der Waals surface area contributed by atoms with Crippen molar-refractivity contribution in [2.75, 3.05) is 39.4 Å². The summed E-state index contributed by atoms with van der Waals surface area (Å²) in [5, 5.41) is 16.0. The van der Waals surface area contributed by atoms with Crippen LogP contribution in [0.2, 0.25) is 0 Å². The minimum absolute atomic E-state index is 0.192. The molecule has 138 valence electrons. The van der Waals surface area contributed by atoms with Crippen molar-refractivity contribution in [3.05, 3.63) is 35.9 Å². The lowest BCUT2D eigenvalue weighted by molar-refractivity contribution is 0.0290. The fourth-order valence-corrected chi connectivity index (χ4v) is 3.45. The molecule has 0 saturated carbocycles. The summed E-state index contributed by atoms with van der Waals surface area (Å²) >= 11 is 0. The van der Waals surface area contributed by atoms with Crippen molar-refractivity contribution >= 4 is 6.03 Å². The SMILES string of the molecule is O=C(NC[C@@]1(O)CCOC1)NC1CCN(CCc2ccccc2)CC1. The number of piperidine rings is 1. The number of benzene rings is 1. The van der Waals surface area contributed by atoms with Gasteiger partial charge in [0, 0.05) is 38.7 Å². The summed E-state index contributed by atoms with van der Waals surface area (Å²) in [7, 11) is 0. The van der Waals surface area contributed by atoms with E-state index < -0.39 is 5.60 Å². The van der Waals surface area contributed by atoms with E-state index in [4.69, 9.17) is 4.74 Å². The Bertz CT molecular complexity index is 538. The van der Waals surface area contributed by atoms with E-state index in [9.17, 15) is 9.90 Å². The molecule has 0 aliphatic carbocycles. The Kier molecular flexibility index (Phi) is 6.29. The first kappa shape index (κ1) is 18.2. The highest BCUT2D eigenvalue weighted by atomic mass is 16.5. The molecule has 25 heavy (non-hydrogen) atoms. The first-order chi connectivity index (χ1) is 12.1. The molecule has 1 atom stereocenters. The topological polar surface area (TPSA) is 73.8 Å². The van der Waals surface area contributed by atoms with Crippen LogP contribution in [0.3, 0.4) is 0 Å². The second-order valence-electron chi connectivity index (χ2n) is 7.21. The van der Waals surface area contributed by atoms with Crippen LogP contribution in [0.1, 0.15) is 24.8 Å². The number of hydrogen-bond acceptors (Lipinski definition) is 4. The Morgan fingerprint density at radius 2 is 2.04 bits per heavy atom. The van der Waals surface area contributed by atoms with Gasteiger partial charge in [-0.1, -0.05) is 30.3 Å². The van der Waals surface area contributed by atoms with Gasteiger partial charge in [-0.25, -0.2) is 4.79 Å². The fourth-order valence-electron chi connectivity index (χ4n) is 3.45. The van der Waals surface area contributed by atoms with E-state index >= 15 is 0 Å². The molecule has 2 fully saturated rings. The summed E-state index contributed by atoms with van der Waals surface area (Å²) in [6.07, 6.45) is 3.58. The summed E-state index contributed by atoms with van der Waals surface area (Å²) in [5.41, 5.74) is 0.467. The maximum Gasteiger partial charge on any atom is 0.315 e. The second-order valence-corrected chi connectivity index (χ2v) is 7.21. The zero-order valence-electron chi connectivity index (χ0n) is 14.7. The quantitative estimate of drug-likeness (QED) is 0.722. The van der Waals surface area contributed by atoms with Crippen LogP contribution in [0.5, 0.6) is 0 Å². The standard InChI is InChI=1S/C19H29N3O3/c23-18(20-14-19(24)9-13-25-15-19)21-17-7-11-22(12-8-17)10-6-16-4-2-1-3-5-16/h1-5,17,24H,6-15H2,(H2,20,21,23)/t19-/m0/s1. The van der Waals surface area contributed by atoms with E-state index in [0.29, 0.717) is 19.6 Å². The Morgan fingerprint density at radius 1 is 1.28 bits per heavy atom. The molecule has 2 heterocycles. The lowest BCUT2D eigenvalue weighted by atomic mass is 10.0. The number of rotatable bonds is 6. The van der Waals surface area contributed by atoms with Gasteiger partial charge in [0.25, 0.3) is 0 Å². The van der Waals surface area contributed by atoms with Crippen LogP contribution in [-0.2, 0) is 11.2 Å². The Balaban J connectivity index is 1.31. The third kappa shape index (κ3) is 5.70. The van der Waals surface area contributed by atoms with E-state index in [0.717, 1.165) is 38.9 Å². The second kappa shape index (κ2) is 8.65. The highest BCUT2D eigenvalue weighted by molar-refractivity contribution is 5.74. The van der Waals surface area contributed by atoms with Gasteiger partial charge < -0.3 is 25.4 Å². The van der Waals surface area contributed by atoms with Crippen LogP contribution in [0, 0.1) is 0 Å². The monoisotopic (exact) mass is 347 g/mol. The van der Waals surface area contributed by atoms with Crippen LogP contribution in [0.15, 0.2) is 30.3 Å². The third-order valence-corrected chi connectivity index (χ3v) is 5.14. The molecule has 0 bridgehead atoms. The normalized spacial score (nSPS) is 25.0. The van der Waals surface area contributed by atoms with E-state index in [2.05, 4.69) is 39.8 Å². The Labute approximate surface area is 149 Å². The van der Waals surface area contributed by atoms with Crippen LogP contribution < -0.4 is 10.6 Å². The maximum atomic E-state index is 12.0. The molecule has 0 radical (unpaired) electrons. The maximum absolute atomic E-state index is 12.0. The van der Waals surface area contributed by atoms with Crippen LogP contribution >= 0.6 is 0 Å². The lowest BCUT2D eigenvalue weighted by Crippen LogP contribution is -2.51. The summed E-state index contributed by atoms with van der Waals surface area (Å²) < 4.78 is 5.18. The van der Waals surface area contributed by atoms with Gasteiger partial charge >= 0.3 is 6.03 Å². The fraction of sp³-hybridized carbons (Fsp3) is 0.632. The third-order valence-electron chi connectivity index (χ3n) is 5.14. The molecule has 0 spiro atoms. The van der Waals surface area contributed by atoms with Gasteiger partial charge in [0.2, 0.25) is 0 Å². The predicted molar refractivity (Wildman–Crippen MR) is 96.5 cm³/mol. The first-order valence-electron chi connectivity index (χ1n) is 9.24. The van der Waals surface area contributed by atoms with E-state index in [-0.39, 0.29) is 18.6 Å². The van der Waals surface area contributed by atoms with E-state index in [1.165, 1.54) is 5.56 Å². The molecule has 3 N–H and O–H groups in total. The summed E-state index contributed by atoms with van der Waals surface area (Å²) in [5.74, 6) is 0. The number of amides is 2. The van der Waals surface area contributed by atoms with Crippen molar-refractivity contribution in [1.29, 1.82) is 0 Å². The zero-order chi connectivity index (χ0) is 17.5. The van der Waals surface area contributed by atoms with Gasteiger partial charge in [-0.3, -0.25) is 0 Å². The zero-order valence-corrected chi connectivity index (χ0v) is 14.7. The highest BCUT2D eigenvalue weighted by Gasteiger charge is 2.32. The number of carbonyl (C=O) groups is 1. The van der Waals surface area contributed by atoms with Crippen LogP contribution in [-0.4, -0.2) is 67.1 Å². The number of carbonyl (C=O) groups excluding carboxylic acids is 1. The summed E-state index contributed by atoms with van der Waals surface area (Å²) in [6, 6.07) is 10.6. The van der Waals surface area contributed by atoms with E-state index in [1.807, 2.05) is 6.07 Å².